The first-order chi connectivity index (χ1) is 20.1. The summed E-state index contributed by atoms with van der Waals surface area (Å²) in [6.45, 7) is 14.3. The van der Waals surface area contributed by atoms with Crippen molar-refractivity contribution in [1.29, 1.82) is 0 Å². The third kappa shape index (κ3) is 9.70. The van der Waals surface area contributed by atoms with Crippen molar-refractivity contribution in [3.63, 3.8) is 0 Å². The molecule has 0 saturated heterocycles. The first-order valence-corrected chi connectivity index (χ1v) is 15.1. The standard InChI is InChI=1S/C17H13.C13H8F2.C9H13.2ClH.Zr/c1-3-12-5-7-14-11-15-8-6-13(4-2)10-17(15)16(14)9-12;14-12-5-1-3-10(8-12)7-11-4-2-6-13(15)9-11;1-9(2,3)8-6-4-5-7-8;;;/h3-11H,1-2H2;1-6,8-9H;6-7H,4H2,1-3H3;2*1H;/q-1;;-1;;;+2/p-2. The van der Waals surface area contributed by atoms with Gasteiger partial charge in [0.1, 0.15) is 0 Å². The molecule has 224 valence electrons. The number of benzene rings is 4. The minimum Gasteiger partial charge on any atom is -1.00 e. The van der Waals surface area contributed by atoms with Crippen molar-refractivity contribution in [3.05, 3.63) is 162 Å². The number of rotatable bonds is 4. The second-order valence-electron chi connectivity index (χ2n) is 11.1. The molecule has 0 saturated carbocycles. The third-order valence-corrected chi connectivity index (χ3v) is 8.44. The molecule has 5 aromatic carbocycles. The average Bonchev–Trinajstić information content (AvgIpc) is 3.66. The zero-order valence-electron chi connectivity index (χ0n) is 25.1. The fourth-order valence-electron chi connectivity index (χ4n) is 4.66. The predicted molar refractivity (Wildman–Crippen MR) is 173 cm³/mol. The van der Waals surface area contributed by atoms with E-state index in [1.807, 2.05) is 24.3 Å². The number of fused-ring (bicyclic) bond motifs is 3. The third-order valence-electron chi connectivity index (χ3n) is 7.02. The molecule has 44 heavy (non-hydrogen) atoms. The second-order valence-corrected chi connectivity index (χ2v) is 12.3. The number of hydrogen-bond acceptors (Lipinski definition) is 0. The summed E-state index contributed by atoms with van der Waals surface area (Å²) >= 11 is 1.13. The first-order valence-electron chi connectivity index (χ1n) is 13.8. The van der Waals surface area contributed by atoms with Gasteiger partial charge < -0.3 is 24.8 Å². The van der Waals surface area contributed by atoms with E-state index in [1.54, 1.807) is 12.1 Å². The van der Waals surface area contributed by atoms with Gasteiger partial charge in [-0.3, -0.25) is 6.08 Å². The van der Waals surface area contributed by atoms with E-state index in [1.165, 1.54) is 51.4 Å². The van der Waals surface area contributed by atoms with Crippen LogP contribution in [-0.4, -0.2) is 3.21 Å². The minimum atomic E-state index is -0.270. The van der Waals surface area contributed by atoms with Gasteiger partial charge in [-0.2, -0.15) is 11.6 Å². The molecule has 0 unspecified atom stereocenters. The van der Waals surface area contributed by atoms with Gasteiger partial charge in [0.2, 0.25) is 0 Å². The van der Waals surface area contributed by atoms with E-state index in [-0.39, 0.29) is 36.4 Å². The Bertz CT molecular complexity index is 1710. The molecule has 6 rings (SSSR count). The van der Waals surface area contributed by atoms with E-state index in [9.17, 15) is 8.78 Å². The molecule has 0 atom stereocenters. The molecule has 0 nitrogen and oxygen atoms in total. The maximum atomic E-state index is 13.0. The summed E-state index contributed by atoms with van der Waals surface area (Å²) in [5.41, 5.74) is 5.68. The Morgan fingerprint density at radius 3 is 1.59 bits per heavy atom. The van der Waals surface area contributed by atoms with Crippen LogP contribution in [0.15, 0.2) is 122 Å². The molecule has 5 heteroatoms. The van der Waals surface area contributed by atoms with Crippen LogP contribution in [0.2, 0.25) is 0 Å². The van der Waals surface area contributed by atoms with Gasteiger partial charge in [0.25, 0.3) is 0 Å². The van der Waals surface area contributed by atoms with Crippen LogP contribution in [0.1, 0.15) is 49.4 Å². The van der Waals surface area contributed by atoms with Gasteiger partial charge in [0.05, 0.1) is 0 Å². The monoisotopic (exact) mass is 700 g/mol. The predicted octanol–water partition coefficient (Wildman–Crippen LogP) is 4.81. The number of hydrogen-bond donors (Lipinski definition) is 0. The summed E-state index contributed by atoms with van der Waals surface area (Å²) in [7, 11) is 0. The molecule has 0 radical (unpaired) electrons. The summed E-state index contributed by atoms with van der Waals surface area (Å²) < 4.78 is 27.0. The van der Waals surface area contributed by atoms with Crippen LogP contribution in [0.25, 0.3) is 33.7 Å². The van der Waals surface area contributed by atoms with E-state index < -0.39 is 0 Å². The Kier molecular flexibility index (Phi) is 14.2. The van der Waals surface area contributed by atoms with Crippen LogP contribution in [0.5, 0.6) is 0 Å². The summed E-state index contributed by atoms with van der Waals surface area (Å²) in [4.78, 5) is 0. The van der Waals surface area contributed by atoms with Crippen molar-refractivity contribution < 1.29 is 57.8 Å². The summed E-state index contributed by atoms with van der Waals surface area (Å²) in [5.74, 6) is -0.539. The zero-order chi connectivity index (χ0) is 30.3. The quantitative estimate of drug-likeness (QED) is 0.236. The summed E-state index contributed by atoms with van der Waals surface area (Å²) in [5, 5.41) is 5.15. The van der Waals surface area contributed by atoms with E-state index in [4.69, 9.17) is 0 Å². The van der Waals surface area contributed by atoms with Gasteiger partial charge in [-0.1, -0.05) is 75.8 Å². The smallest absolute Gasteiger partial charge is 1.00 e. The Labute approximate surface area is 287 Å². The molecule has 0 aromatic heterocycles. The van der Waals surface area contributed by atoms with Crippen molar-refractivity contribution in [3.8, 4) is 0 Å². The van der Waals surface area contributed by atoms with Crippen LogP contribution in [-0.2, 0) is 24.2 Å². The van der Waals surface area contributed by atoms with Gasteiger partial charge in [0, 0.05) is 0 Å². The number of allylic oxidation sites excluding steroid dienone is 4. The Balaban J connectivity index is 0.000000235. The largest absolute Gasteiger partial charge is 1.00 e. The van der Waals surface area contributed by atoms with E-state index >= 15 is 0 Å². The van der Waals surface area contributed by atoms with Crippen molar-refractivity contribution in [2.45, 2.75) is 27.2 Å². The molecule has 0 aliphatic heterocycles. The molecule has 0 amide bonds. The normalized spacial score (nSPS) is 11.7. The van der Waals surface area contributed by atoms with E-state index in [0.29, 0.717) is 5.41 Å². The molecule has 5 aromatic rings. The van der Waals surface area contributed by atoms with Crippen LogP contribution >= 0.6 is 0 Å². The van der Waals surface area contributed by atoms with Gasteiger partial charge in [-0.15, -0.1) is 46.2 Å². The fraction of sp³-hybridized carbons (Fsp3) is 0.128. The second kappa shape index (κ2) is 16.8. The summed E-state index contributed by atoms with van der Waals surface area (Å²) in [6, 6.07) is 27.8. The molecule has 0 N–H and O–H groups in total. The van der Waals surface area contributed by atoms with Gasteiger partial charge in [0.15, 0.2) is 0 Å². The van der Waals surface area contributed by atoms with E-state index in [2.05, 4.69) is 94.6 Å². The van der Waals surface area contributed by atoms with Crippen molar-refractivity contribution in [2.75, 3.05) is 0 Å². The van der Waals surface area contributed by atoms with Crippen molar-refractivity contribution in [2.24, 2.45) is 5.41 Å². The average molecular weight is 703 g/mol. The van der Waals surface area contributed by atoms with Crippen LogP contribution in [0.4, 0.5) is 8.78 Å². The molecule has 0 fully saturated rings. The molecular weight excluding hydrogens is 669 g/mol. The Hall–Kier alpha value is -3.10. The maximum absolute atomic E-state index is 13.0. The topological polar surface area (TPSA) is 0 Å². The minimum absolute atomic E-state index is 0. The molecule has 0 heterocycles. The SMILES string of the molecule is C=Cc1ccc2[cH-]c3ccc(C=C)cc3c2c1.CC(C)(C)C1=CC[C-]=C1.Fc1cccc([C](=[Zr+2])c2cccc(F)c2)c1.[Cl-].[Cl-]. The Morgan fingerprint density at radius 1 is 0.773 bits per heavy atom. The van der Waals surface area contributed by atoms with Gasteiger partial charge in [-0.25, -0.2) is 6.08 Å². The Morgan fingerprint density at radius 2 is 1.25 bits per heavy atom. The summed E-state index contributed by atoms with van der Waals surface area (Å²) in [6.07, 6.45) is 12.3. The molecule has 0 spiro atoms. The van der Waals surface area contributed by atoms with Gasteiger partial charge >= 0.3 is 108 Å². The molecule has 0 bridgehead atoms. The van der Waals surface area contributed by atoms with Crippen LogP contribution in [0, 0.1) is 23.1 Å². The van der Waals surface area contributed by atoms with Crippen LogP contribution < -0.4 is 24.8 Å². The van der Waals surface area contributed by atoms with Crippen molar-refractivity contribution in [1.82, 2.24) is 0 Å². The molecule has 1 aliphatic carbocycles. The molecular formula is C39H34Cl2F2Zr-2. The molecule has 1 aliphatic rings. The maximum Gasteiger partial charge on any atom is -1.00 e. The van der Waals surface area contributed by atoms with Crippen LogP contribution in [0.3, 0.4) is 0 Å². The van der Waals surface area contributed by atoms with Gasteiger partial charge in [-0.05, 0) is 11.1 Å². The van der Waals surface area contributed by atoms with Crippen molar-refractivity contribution >= 4 is 36.9 Å². The van der Waals surface area contributed by atoms with E-state index in [0.717, 1.165) is 56.1 Å². The zero-order valence-corrected chi connectivity index (χ0v) is 29.1. The number of halogens is 4. The first kappa shape index (κ1) is 37.1. The fourth-order valence-corrected chi connectivity index (χ4v) is 5.43.